The molecule has 0 bridgehead atoms. The molecule has 1 aliphatic carbocycles. The van der Waals surface area contributed by atoms with E-state index in [1.165, 1.54) is 63.7 Å². The van der Waals surface area contributed by atoms with Gasteiger partial charge in [-0.1, -0.05) is 37.3 Å². The highest BCUT2D eigenvalue weighted by Crippen LogP contribution is 2.47. The van der Waals surface area contributed by atoms with Gasteiger partial charge in [-0.15, -0.1) is 0 Å². The summed E-state index contributed by atoms with van der Waals surface area (Å²) in [5.74, 6) is 0.980. The Kier molecular flexibility index (Phi) is 6.35. The van der Waals surface area contributed by atoms with Crippen molar-refractivity contribution >= 4 is 5.96 Å². The first-order valence-electron chi connectivity index (χ1n) is 9.96. The van der Waals surface area contributed by atoms with Crippen LogP contribution in [0.3, 0.4) is 0 Å². The Labute approximate surface area is 153 Å². The normalized spacial score (nSPS) is 21.1. The van der Waals surface area contributed by atoms with E-state index in [-0.39, 0.29) is 0 Å². The summed E-state index contributed by atoms with van der Waals surface area (Å²) < 4.78 is 0. The van der Waals surface area contributed by atoms with Crippen LogP contribution in [0.25, 0.3) is 0 Å². The summed E-state index contributed by atoms with van der Waals surface area (Å²) in [6.45, 7) is 6.94. The van der Waals surface area contributed by atoms with Crippen molar-refractivity contribution in [1.29, 1.82) is 0 Å². The monoisotopic (exact) mass is 342 g/mol. The van der Waals surface area contributed by atoms with Crippen LogP contribution in [0.15, 0.2) is 35.3 Å². The fourth-order valence-electron chi connectivity index (χ4n) is 3.90. The summed E-state index contributed by atoms with van der Waals surface area (Å²) in [7, 11) is 1.89. The molecule has 3 rings (SSSR count). The van der Waals surface area contributed by atoms with E-state index in [0.717, 1.165) is 12.5 Å². The number of hydrogen-bond acceptors (Lipinski definition) is 2. The van der Waals surface area contributed by atoms with Gasteiger partial charge in [0.05, 0.1) is 0 Å². The average Bonchev–Trinajstić information content (AvgIpc) is 3.41. The SMILES string of the molecule is CCCN1CCC(NC(=NC)NCC2(Cc3ccccc3)CC2)CC1. The molecule has 0 aromatic heterocycles. The van der Waals surface area contributed by atoms with Crippen LogP contribution in [0.2, 0.25) is 0 Å². The number of nitrogens with zero attached hydrogens (tertiary/aromatic N) is 2. The molecule has 1 aliphatic heterocycles. The van der Waals surface area contributed by atoms with Crippen LogP contribution in [0, 0.1) is 5.41 Å². The number of nitrogens with one attached hydrogen (secondary N) is 2. The van der Waals surface area contributed by atoms with Gasteiger partial charge in [-0.2, -0.15) is 0 Å². The van der Waals surface area contributed by atoms with Crippen molar-refractivity contribution in [2.75, 3.05) is 33.2 Å². The summed E-state index contributed by atoms with van der Waals surface area (Å²) in [5.41, 5.74) is 1.89. The molecule has 1 aromatic rings. The first kappa shape index (κ1) is 18.2. The zero-order chi connectivity index (χ0) is 17.5. The van der Waals surface area contributed by atoms with Crippen molar-refractivity contribution in [1.82, 2.24) is 15.5 Å². The van der Waals surface area contributed by atoms with Gasteiger partial charge in [0, 0.05) is 32.7 Å². The Morgan fingerprint density at radius 2 is 1.92 bits per heavy atom. The van der Waals surface area contributed by atoms with E-state index in [9.17, 15) is 0 Å². The van der Waals surface area contributed by atoms with Crippen LogP contribution in [0.4, 0.5) is 0 Å². The molecule has 4 heteroatoms. The lowest BCUT2D eigenvalue weighted by molar-refractivity contribution is 0.206. The molecule has 4 nitrogen and oxygen atoms in total. The molecule has 25 heavy (non-hydrogen) atoms. The molecule has 0 atom stereocenters. The van der Waals surface area contributed by atoms with Gasteiger partial charge in [0.15, 0.2) is 5.96 Å². The highest BCUT2D eigenvalue weighted by atomic mass is 15.2. The van der Waals surface area contributed by atoms with Gasteiger partial charge < -0.3 is 15.5 Å². The summed E-state index contributed by atoms with van der Waals surface area (Å²) >= 11 is 0. The third-order valence-electron chi connectivity index (χ3n) is 5.70. The lowest BCUT2D eigenvalue weighted by atomic mass is 9.96. The number of benzene rings is 1. The van der Waals surface area contributed by atoms with Crippen molar-refractivity contribution in [2.45, 2.75) is 51.5 Å². The van der Waals surface area contributed by atoms with Crippen molar-refractivity contribution in [3.63, 3.8) is 0 Å². The molecule has 1 heterocycles. The van der Waals surface area contributed by atoms with Crippen molar-refractivity contribution in [2.24, 2.45) is 10.4 Å². The first-order valence-corrected chi connectivity index (χ1v) is 9.96. The van der Waals surface area contributed by atoms with E-state index < -0.39 is 0 Å². The largest absolute Gasteiger partial charge is 0.356 e. The van der Waals surface area contributed by atoms with E-state index in [1.54, 1.807) is 0 Å². The number of rotatable bonds is 7. The van der Waals surface area contributed by atoms with Crippen LogP contribution in [0.5, 0.6) is 0 Å². The molecule has 138 valence electrons. The Balaban J connectivity index is 1.42. The summed E-state index contributed by atoms with van der Waals surface area (Å²) in [6.07, 6.45) is 7.51. The maximum absolute atomic E-state index is 4.46. The van der Waals surface area contributed by atoms with Gasteiger partial charge in [-0.3, -0.25) is 4.99 Å². The Bertz CT molecular complexity index is 542. The number of guanidine groups is 1. The maximum atomic E-state index is 4.46. The topological polar surface area (TPSA) is 39.7 Å². The molecule has 1 aromatic carbocycles. The minimum atomic E-state index is 0.434. The van der Waals surface area contributed by atoms with Crippen molar-refractivity contribution in [3.8, 4) is 0 Å². The van der Waals surface area contributed by atoms with Gasteiger partial charge in [-0.05, 0) is 56.0 Å². The predicted molar refractivity (Wildman–Crippen MR) is 106 cm³/mol. The second-order valence-corrected chi connectivity index (χ2v) is 7.85. The average molecular weight is 343 g/mol. The fraction of sp³-hybridized carbons (Fsp3) is 0.667. The predicted octanol–water partition coefficient (Wildman–Crippen LogP) is 3.05. The Hall–Kier alpha value is -1.55. The first-order chi connectivity index (χ1) is 12.2. The van der Waals surface area contributed by atoms with Gasteiger partial charge in [0.2, 0.25) is 0 Å². The molecule has 2 N–H and O–H groups in total. The van der Waals surface area contributed by atoms with Crippen LogP contribution >= 0.6 is 0 Å². The summed E-state index contributed by atoms with van der Waals surface area (Å²) in [5, 5.41) is 7.25. The van der Waals surface area contributed by atoms with Crippen LogP contribution in [0.1, 0.15) is 44.6 Å². The minimum Gasteiger partial charge on any atom is -0.356 e. The molecular weight excluding hydrogens is 308 g/mol. The molecule has 0 unspecified atom stereocenters. The zero-order valence-electron chi connectivity index (χ0n) is 15.9. The second kappa shape index (κ2) is 8.70. The van der Waals surface area contributed by atoms with Crippen LogP contribution < -0.4 is 10.6 Å². The number of piperidine rings is 1. The van der Waals surface area contributed by atoms with E-state index in [0.29, 0.717) is 11.5 Å². The number of hydrogen-bond donors (Lipinski definition) is 2. The van der Waals surface area contributed by atoms with Crippen molar-refractivity contribution in [3.05, 3.63) is 35.9 Å². The van der Waals surface area contributed by atoms with E-state index in [4.69, 9.17) is 0 Å². The van der Waals surface area contributed by atoms with E-state index >= 15 is 0 Å². The van der Waals surface area contributed by atoms with Gasteiger partial charge >= 0.3 is 0 Å². The van der Waals surface area contributed by atoms with Gasteiger partial charge in [0.25, 0.3) is 0 Å². The number of aliphatic imine (C=N–C) groups is 1. The molecular formula is C21H34N4. The molecule has 2 aliphatic rings. The zero-order valence-corrected chi connectivity index (χ0v) is 15.9. The Morgan fingerprint density at radius 1 is 1.20 bits per heavy atom. The smallest absolute Gasteiger partial charge is 0.191 e. The van der Waals surface area contributed by atoms with Crippen molar-refractivity contribution < 1.29 is 0 Å². The molecule has 2 fully saturated rings. The lowest BCUT2D eigenvalue weighted by Gasteiger charge is -2.33. The maximum Gasteiger partial charge on any atom is 0.191 e. The standard InChI is InChI=1S/C21H34N4/c1-3-13-25-14-9-19(10-15-25)24-20(22-2)23-17-21(11-12-21)16-18-7-5-4-6-8-18/h4-8,19H,3,9-17H2,1-2H3,(H2,22,23,24). The summed E-state index contributed by atoms with van der Waals surface area (Å²) in [4.78, 5) is 7.03. The third kappa shape index (κ3) is 5.46. The van der Waals surface area contributed by atoms with E-state index in [2.05, 4.69) is 57.8 Å². The summed E-state index contributed by atoms with van der Waals surface area (Å²) in [6, 6.07) is 11.4. The quantitative estimate of drug-likeness (QED) is 0.591. The molecule has 0 amide bonds. The highest BCUT2D eigenvalue weighted by molar-refractivity contribution is 5.80. The van der Waals surface area contributed by atoms with Gasteiger partial charge in [0.1, 0.15) is 0 Å². The molecule has 0 radical (unpaired) electrons. The second-order valence-electron chi connectivity index (χ2n) is 7.85. The number of likely N-dealkylation sites (tertiary alicyclic amines) is 1. The molecule has 0 spiro atoms. The van der Waals surface area contributed by atoms with Crippen LogP contribution in [-0.4, -0.2) is 50.1 Å². The van der Waals surface area contributed by atoms with E-state index in [1.807, 2.05) is 7.05 Å². The molecule has 1 saturated carbocycles. The lowest BCUT2D eigenvalue weighted by Crippen LogP contribution is -2.49. The van der Waals surface area contributed by atoms with Crippen LogP contribution in [-0.2, 0) is 6.42 Å². The Morgan fingerprint density at radius 3 is 2.52 bits per heavy atom. The minimum absolute atomic E-state index is 0.434. The molecule has 1 saturated heterocycles. The highest BCUT2D eigenvalue weighted by Gasteiger charge is 2.42. The van der Waals surface area contributed by atoms with Gasteiger partial charge in [-0.25, -0.2) is 0 Å². The fourth-order valence-corrected chi connectivity index (χ4v) is 3.90. The third-order valence-corrected chi connectivity index (χ3v) is 5.70.